The quantitative estimate of drug-likeness (QED) is 0.904. The molecule has 0 saturated heterocycles. The summed E-state index contributed by atoms with van der Waals surface area (Å²) in [5, 5.41) is 13.5. The Morgan fingerprint density at radius 1 is 1.10 bits per heavy atom. The highest BCUT2D eigenvalue weighted by atomic mass is 19.2. The second-order valence-electron chi connectivity index (χ2n) is 5.29. The Labute approximate surface area is 115 Å². The molecule has 0 aliphatic carbocycles. The molecule has 1 aromatic heterocycles. The molecule has 106 valence electrons. The van der Waals surface area contributed by atoms with Crippen LogP contribution >= 0.6 is 0 Å². The maximum absolute atomic E-state index is 13.1. The predicted molar refractivity (Wildman–Crippen MR) is 72.8 cm³/mol. The Morgan fingerprint density at radius 3 is 2.50 bits per heavy atom. The highest BCUT2D eigenvalue weighted by Gasteiger charge is 2.11. The summed E-state index contributed by atoms with van der Waals surface area (Å²) in [4.78, 5) is 4.19. The van der Waals surface area contributed by atoms with Crippen LogP contribution in [-0.4, -0.2) is 20.7 Å². The molecular weight excluding hydrogens is 264 g/mol. The fourth-order valence-electron chi connectivity index (χ4n) is 1.50. The molecule has 2 aromatic rings. The maximum Gasteiger partial charge on any atom is 0.249 e. The Kier molecular flexibility index (Phi) is 3.78. The summed E-state index contributed by atoms with van der Waals surface area (Å²) >= 11 is 0. The van der Waals surface area contributed by atoms with Crippen LogP contribution in [0, 0.1) is 11.6 Å². The molecule has 0 spiro atoms. The topological polar surface area (TPSA) is 62.7 Å². The van der Waals surface area contributed by atoms with Crippen molar-refractivity contribution in [2.75, 3.05) is 10.6 Å². The zero-order valence-corrected chi connectivity index (χ0v) is 11.4. The van der Waals surface area contributed by atoms with Crippen molar-refractivity contribution >= 4 is 17.5 Å². The van der Waals surface area contributed by atoms with Crippen molar-refractivity contribution < 1.29 is 8.78 Å². The zero-order valence-electron chi connectivity index (χ0n) is 11.4. The number of nitrogens with zero attached hydrogens (tertiary/aromatic N) is 3. The molecule has 7 heteroatoms. The van der Waals surface area contributed by atoms with Gasteiger partial charge in [0.2, 0.25) is 5.95 Å². The van der Waals surface area contributed by atoms with Gasteiger partial charge in [-0.3, -0.25) is 0 Å². The third-order valence-corrected chi connectivity index (χ3v) is 2.24. The molecule has 0 amide bonds. The minimum atomic E-state index is -0.938. The SMILES string of the molecule is CC(C)(C)Nc1cnnc(Nc2ccc(F)c(F)c2)n1. The number of nitrogens with one attached hydrogen (secondary N) is 2. The summed E-state index contributed by atoms with van der Waals surface area (Å²) < 4.78 is 25.9. The van der Waals surface area contributed by atoms with Crippen LogP contribution in [0.4, 0.5) is 26.2 Å². The second-order valence-corrected chi connectivity index (χ2v) is 5.29. The molecule has 1 aromatic carbocycles. The lowest BCUT2D eigenvalue weighted by Crippen LogP contribution is -2.27. The number of hydrogen-bond acceptors (Lipinski definition) is 5. The van der Waals surface area contributed by atoms with E-state index in [2.05, 4.69) is 25.8 Å². The summed E-state index contributed by atoms with van der Waals surface area (Å²) in [5.74, 6) is -1.10. The van der Waals surface area contributed by atoms with E-state index in [0.29, 0.717) is 11.5 Å². The summed E-state index contributed by atoms with van der Waals surface area (Å²) in [6.07, 6.45) is 1.49. The Bertz CT molecular complexity index is 610. The average Bonchev–Trinajstić information content (AvgIpc) is 2.32. The molecule has 1 heterocycles. The monoisotopic (exact) mass is 279 g/mol. The van der Waals surface area contributed by atoms with Gasteiger partial charge in [-0.1, -0.05) is 0 Å². The normalized spacial score (nSPS) is 11.2. The molecule has 0 radical (unpaired) electrons. The molecule has 0 unspecified atom stereocenters. The van der Waals surface area contributed by atoms with Gasteiger partial charge in [-0.25, -0.2) is 8.78 Å². The highest BCUT2D eigenvalue weighted by Crippen LogP contribution is 2.17. The molecular formula is C13H15F2N5. The highest BCUT2D eigenvalue weighted by molar-refractivity contribution is 5.54. The van der Waals surface area contributed by atoms with Crippen molar-refractivity contribution in [3.8, 4) is 0 Å². The van der Waals surface area contributed by atoms with Gasteiger partial charge in [-0.2, -0.15) is 10.1 Å². The first-order valence-electron chi connectivity index (χ1n) is 6.03. The van der Waals surface area contributed by atoms with Crippen LogP contribution in [0.25, 0.3) is 0 Å². The number of aromatic nitrogens is 3. The van der Waals surface area contributed by atoms with Crippen molar-refractivity contribution in [3.63, 3.8) is 0 Å². The van der Waals surface area contributed by atoms with E-state index in [4.69, 9.17) is 0 Å². The molecule has 0 saturated carbocycles. The van der Waals surface area contributed by atoms with Gasteiger partial charge in [-0.15, -0.1) is 5.10 Å². The number of benzene rings is 1. The summed E-state index contributed by atoms with van der Waals surface area (Å²) in [5.41, 5.74) is 0.175. The summed E-state index contributed by atoms with van der Waals surface area (Å²) in [6.45, 7) is 5.95. The van der Waals surface area contributed by atoms with Gasteiger partial charge in [0.25, 0.3) is 0 Å². The van der Waals surface area contributed by atoms with Crippen molar-refractivity contribution in [1.29, 1.82) is 0 Å². The smallest absolute Gasteiger partial charge is 0.249 e. The molecule has 2 N–H and O–H groups in total. The Morgan fingerprint density at radius 2 is 1.85 bits per heavy atom. The first kappa shape index (κ1) is 14.1. The number of hydrogen-bond donors (Lipinski definition) is 2. The van der Waals surface area contributed by atoms with Gasteiger partial charge in [0.05, 0.1) is 6.20 Å². The van der Waals surface area contributed by atoms with Crippen LogP contribution in [0.3, 0.4) is 0 Å². The van der Waals surface area contributed by atoms with Crippen LogP contribution in [-0.2, 0) is 0 Å². The minimum Gasteiger partial charge on any atom is -0.364 e. The van der Waals surface area contributed by atoms with Crippen molar-refractivity contribution in [2.45, 2.75) is 26.3 Å². The Balaban J connectivity index is 2.17. The van der Waals surface area contributed by atoms with E-state index < -0.39 is 11.6 Å². The van der Waals surface area contributed by atoms with Gasteiger partial charge in [-0.05, 0) is 32.9 Å². The molecule has 0 aliphatic rings. The predicted octanol–water partition coefficient (Wildman–Crippen LogP) is 3.10. The molecule has 20 heavy (non-hydrogen) atoms. The van der Waals surface area contributed by atoms with Gasteiger partial charge in [0.15, 0.2) is 17.5 Å². The first-order valence-corrected chi connectivity index (χ1v) is 6.03. The second kappa shape index (κ2) is 5.36. The van der Waals surface area contributed by atoms with Gasteiger partial charge in [0.1, 0.15) is 0 Å². The average molecular weight is 279 g/mol. The van der Waals surface area contributed by atoms with Crippen LogP contribution in [0.1, 0.15) is 20.8 Å². The van der Waals surface area contributed by atoms with E-state index in [0.717, 1.165) is 12.1 Å². The number of rotatable bonds is 3. The summed E-state index contributed by atoms with van der Waals surface area (Å²) in [7, 11) is 0. The van der Waals surface area contributed by atoms with E-state index in [1.807, 2.05) is 20.8 Å². The van der Waals surface area contributed by atoms with E-state index in [-0.39, 0.29) is 11.5 Å². The van der Waals surface area contributed by atoms with E-state index in [1.165, 1.54) is 12.3 Å². The van der Waals surface area contributed by atoms with E-state index in [9.17, 15) is 8.78 Å². The lowest BCUT2D eigenvalue weighted by molar-refractivity contribution is 0.509. The standard InChI is InChI=1S/C13H15F2N5/c1-13(2,3)19-11-7-16-20-12(18-11)17-8-4-5-9(14)10(15)6-8/h4-7H,1-3H3,(H2,17,18,19,20). The van der Waals surface area contributed by atoms with Crippen molar-refractivity contribution in [2.24, 2.45) is 0 Å². The van der Waals surface area contributed by atoms with E-state index >= 15 is 0 Å². The summed E-state index contributed by atoms with van der Waals surface area (Å²) in [6, 6.07) is 3.45. The fraction of sp³-hybridized carbons (Fsp3) is 0.308. The third kappa shape index (κ3) is 3.84. The van der Waals surface area contributed by atoms with Crippen LogP contribution < -0.4 is 10.6 Å². The third-order valence-electron chi connectivity index (χ3n) is 2.24. The van der Waals surface area contributed by atoms with Gasteiger partial charge in [0, 0.05) is 17.3 Å². The molecule has 0 aliphatic heterocycles. The first-order chi connectivity index (χ1) is 9.33. The maximum atomic E-state index is 13.1. The van der Waals surface area contributed by atoms with Gasteiger partial charge >= 0.3 is 0 Å². The van der Waals surface area contributed by atoms with E-state index in [1.54, 1.807) is 0 Å². The molecule has 2 rings (SSSR count). The molecule has 5 nitrogen and oxygen atoms in total. The number of halogens is 2. The lowest BCUT2D eigenvalue weighted by atomic mass is 10.1. The minimum absolute atomic E-state index is 0.171. The molecule has 0 bridgehead atoms. The fourth-order valence-corrected chi connectivity index (χ4v) is 1.50. The Hall–Kier alpha value is -2.31. The lowest BCUT2D eigenvalue weighted by Gasteiger charge is -2.20. The zero-order chi connectivity index (χ0) is 14.8. The largest absolute Gasteiger partial charge is 0.364 e. The van der Waals surface area contributed by atoms with Crippen LogP contribution in [0.15, 0.2) is 24.4 Å². The molecule has 0 fully saturated rings. The van der Waals surface area contributed by atoms with Crippen molar-refractivity contribution in [1.82, 2.24) is 15.2 Å². The van der Waals surface area contributed by atoms with Crippen LogP contribution in [0.5, 0.6) is 0 Å². The van der Waals surface area contributed by atoms with Crippen LogP contribution in [0.2, 0.25) is 0 Å². The number of anilines is 3. The van der Waals surface area contributed by atoms with Crippen molar-refractivity contribution in [3.05, 3.63) is 36.0 Å². The van der Waals surface area contributed by atoms with Gasteiger partial charge < -0.3 is 10.6 Å². The molecule has 0 atom stereocenters.